The lowest BCUT2D eigenvalue weighted by Crippen LogP contribution is -2.40. The molecule has 0 bridgehead atoms. The zero-order valence-corrected chi connectivity index (χ0v) is 13.8. The number of carbonyl (C=O) groups excluding carboxylic acids is 2. The van der Waals surface area contributed by atoms with Gasteiger partial charge in [0.2, 0.25) is 5.91 Å². The van der Waals surface area contributed by atoms with Crippen molar-refractivity contribution in [2.75, 3.05) is 26.7 Å². The van der Waals surface area contributed by atoms with Crippen LogP contribution >= 0.6 is 11.3 Å². The lowest BCUT2D eigenvalue weighted by molar-refractivity contribution is -0.131. The molecule has 2 amide bonds. The molecule has 0 aliphatic rings. The topological polar surface area (TPSA) is 40.6 Å². The number of hydrogen-bond donors (Lipinski definition) is 0. The number of thiophene rings is 1. The molecule has 0 unspecified atom stereocenters. The predicted octanol–water partition coefficient (Wildman–Crippen LogP) is 2.56. The zero-order valence-electron chi connectivity index (χ0n) is 13.0. The van der Waals surface area contributed by atoms with E-state index in [-0.39, 0.29) is 18.4 Å². The highest BCUT2D eigenvalue weighted by molar-refractivity contribution is 7.14. The molecule has 0 aromatic carbocycles. The van der Waals surface area contributed by atoms with Gasteiger partial charge in [-0.05, 0) is 38.8 Å². The normalized spacial score (nSPS) is 10.4. The molecule has 4 nitrogen and oxygen atoms in total. The first-order valence-corrected chi connectivity index (χ1v) is 7.88. The van der Waals surface area contributed by atoms with Crippen LogP contribution in [0.5, 0.6) is 0 Å². The Bertz CT molecular complexity index is 478. The lowest BCUT2D eigenvalue weighted by atomic mass is 10.2. The van der Waals surface area contributed by atoms with Crippen LogP contribution in [0.2, 0.25) is 0 Å². The number of carbonyl (C=O) groups is 2. The molecule has 0 fully saturated rings. The summed E-state index contributed by atoms with van der Waals surface area (Å²) >= 11 is 1.51. The minimum absolute atomic E-state index is 0.00477. The Kier molecular flexibility index (Phi) is 6.20. The van der Waals surface area contributed by atoms with E-state index in [1.165, 1.54) is 26.7 Å². The molecule has 0 N–H and O–H groups in total. The first-order valence-electron chi connectivity index (χ1n) is 7.07. The summed E-state index contributed by atoms with van der Waals surface area (Å²) in [5, 5.41) is 0. The minimum atomic E-state index is -0.0710. The number of hydrogen-bond acceptors (Lipinski definition) is 3. The summed E-state index contributed by atoms with van der Waals surface area (Å²) in [5.74, 6) is -0.0758. The average Bonchev–Trinajstić information content (AvgIpc) is 2.80. The van der Waals surface area contributed by atoms with Crippen LogP contribution in [0, 0.1) is 6.92 Å². The molecule has 0 spiro atoms. The van der Waals surface area contributed by atoms with Crippen molar-refractivity contribution in [2.24, 2.45) is 0 Å². The van der Waals surface area contributed by atoms with Gasteiger partial charge < -0.3 is 9.80 Å². The SMILES string of the molecule is CCc1cc(C(=O)N(C)CC(=O)N(CC)CC)sc1C. The molecule has 1 aromatic heterocycles. The number of rotatable bonds is 6. The Morgan fingerprint density at radius 1 is 1.20 bits per heavy atom. The maximum absolute atomic E-state index is 12.3. The summed E-state index contributed by atoms with van der Waals surface area (Å²) in [4.78, 5) is 29.5. The van der Waals surface area contributed by atoms with Crippen LogP contribution in [0.3, 0.4) is 0 Å². The van der Waals surface area contributed by atoms with Gasteiger partial charge in [-0.3, -0.25) is 9.59 Å². The van der Waals surface area contributed by atoms with Crippen molar-refractivity contribution in [2.45, 2.75) is 34.1 Å². The van der Waals surface area contributed by atoms with E-state index in [0.717, 1.165) is 6.42 Å². The van der Waals surface area contributed by atoms with Gasteiger partial charge in [0, 0.05) is 25.0 Å². The highest BCUT2D eigenvalue weighted by Crippen LogP contribution is 2.23. The summed E-state index contributed by atoms with van der Waals surface area (Å²) in [7, 11) is 1.68. The fraction of sp³-hybridized carbons (Fsp3) is 0.600. The second-order valence-electron chi connectivity index (χ2n) is 4.77. The predicted molar refractivity (Wildman–Crippen MR) is 83.3 cm³/mol. The van der Waals surface area contributed by atoms with E-state index in [1.807, 2.05) is 26.8 Å². The Morgan fingerprint density at radius 3 is 2.25 bits per heavy atom. The van der Waals surface area contributed by atoms with Crippen molar-refractivity contribution >= 4 is 23.2 Å². The second-order valence-corrected chi connectivity index (χ2v) is 6.03. The number of amides is 2. The van der Waals surface area contributed by atoms with Gasteiger partial charge in [0.15, 0.2) is 0 Å². The summed E-state index contributed by atoms with van der Waals surface area (Å²) in [5.41, 5.74) is 1.21. The van der Waals surface area contributed by atoms with Gasteiger partial charge in [-0.2, -0.15) is 0 Å². The molecular weight excluding hydrogens is 272 g/mol. The Labute approximate surface area is 125 Å². The summed E-state index contributed by atoms with van der Waals surface area (Å²) < 4.78 is 0. The van der Waals surface area contributed by atoms with Crippen LogP contribution in [0.1, 0.15) is 40.9 Å². The van der Waals surface area contributed by atoms with Crippen molar-refractivity contribution in [3.63, 3.8) is 0 Å². The largest absolute Gasteiger partial charge is 0.342 e. The van der Waals surface area contributed by atoms with E-state index in [9.17, 15) is 9.59 Å². The van der Waals surface area contributed by atoms with Crippen molar-refractivity contribution in [3.05, 3.63) is 21.4 Å². The summed E-state index contributed by atoms with van der Waals surface area (Å²) in [6.45, 7) is 9.49. The van der Waals surface area contributed by atoms with E-state index in [4.69, 9.17) is 0 Å². The first-order chi connectivity index (χ1) is 9.44. The highest BCUT2D eigenvalue weighted by atomic mass is 32.1. The smallest absolute Gasteiger partial charge is 0.264 e. The quantitative estimate of drug-likeness (QED) is 0.809. The van der Waals surface area contributed by atoms with Gasteiger partial charge in [0.1, 0.15) is 0 Å². The number of likely N-dealkylation sites (N-methyl/N-ethyl adjacent to an activating group) is 2. The fourth-order valence-corrected chi connectivity index (χ4v) is 3.22. The molecule has 1 heterocycles. The monoisotopic (exact) mass is 296 g/mol. The van der Waals surface area contributed by atoms with Gasteiger partial charge >= 0.3 is 0 Å². The Balaban J connectivity index is 2.73. The maximum Gasteiger partial charge on any atom is 0.264 e. The van der Waals surface area contributed by atoms with E-state index in [2.05, 4.69) is 6.92 Å². The molecule has 112 valence electrons. The number of aryl methyl sites for hydroxylation is 2. The lowest BCUT2D eigenvalue weighted by Gasteiger charge is -2.22. The van der Waals surface area contributed by atoms with E-state index in [1.54, 1.807) is 11.9 Å². The van der Waals surface area contributed by atoms with Crippen LogP contribution in [0.4, 0.5) is 0 Å². The molecule has 5 heteroatoms. The van der Waals surface area contributed by atoms with E-state index in [0.29, 0.717) is 18.0 Å². The Morgan fingerprint density at radius 2 is 1.80 bits per heavy atom. The molecule has 1 rings (SSSR count). The third-order valence-electron chi connectivity index (χ3n) is 3.45. The molecule has 0 saturated carbocycles. The maximum atomic E-state index is 12.3. The van der Waals surface area contributed by atoms with Crippen molar-refractivity contribution in [1.29, 1.82) is 0 Å². The van der Waals surface area contributed by atoms with Crippen molar-refractivity contribution < 1.29 is 9.59 Å². The standard InChI is InChI=1S/C15H24N2O2S/c1-6-12-9-13(20-11(12)4)15(19)16(5)10-14(18)17(7-2)8-3/h9H,6-8,10H2,1-5H3. The van der Waals surface area contributed by atoms with Crippen LogP contribution in [0.25, 0.3) is 0 Å². The fourth-order valence-electron chi connectivity index (χ4n) is 2.12. The molecule has 0 radical (unpaired) electrons. The van der Waals surface area contributed by atoms with Gasteiger partial charge in [-0.15, -0.1) is 11.3 Å². The molecule has 0 atom stereocenters. The van der Waals surface area contributed by atoms with Crippen molar-refractivity contribution in [1.82, 2.24) is 9.80 Å². The highest BCUT2D eigenvalue weighted by Gasteiger charge is 2.19. The summed E-state index contributed by atoms with van der Waals surface area (Å²) in [6.07, 6.45) is 0.928. The molecule has 0 aliphatic heterocycles. The number of nitrogens with zero attached hydrogens (tertiary/aromatic N) is 2. The third-order valence-corrected chi connectivity index (χ3v) is 4.53. The van der Waals surface area contributed by atoms with Crippen LogP contribution < -0.4 is 0 Å². The minimum Gasteiger partial charge on any atom is -0.342 e. The molecule has 20 heavy (non-hydrogen) atoms. The average molecular weight is 296 g/mol. The zero-order chi connectivity index (χ0) is 15.3. The molecular formula is C15H24N2O2S. The third kappa shape index (κ3) is 3.82. The molecule has 0 saturated heterocycles. The molecule has 0 aliphatic carbocycles. The second kappa shape index (κ2) is 7.43. The van der Waals surface area contributed by atoms with Crippen LogP contribution in [-0.4, -0.2) is 48.3 Å². The Hall–Kier alpha value is -1.36. The van der Waals surface area contributed by atoms with Gasteiger partial charge in [0.05, 0.1) is 11.4 Å². The van der Waals surface area contributed by atoms with Gasteiger partial charge in [-0.25, -0.2) is 0 Å². The van der Waals surface area contributed by atoms with Crippen LogP contribution in [0.15, 0.2) is 6.07 Å². The van der Waals surface area contributed by atoms with E-state index >= 15 is 0 Å². The van der Waals surface area contributed by atoms with Gasteiger partial charge in [0.25, 0.3) is 5.91 Å². The van der Waals surface area contributed by atoms with Gasteiger partial charge in [-0.1, -0.05) is 6.92 Å². The summed E-state index contributed by atoms with van der Waals surface area (Å²) in [6, 6.07) is 1.95. The molecule has 1 aromatic rings. The van der Waals surface area contributed by atoms with Crippen LogP contribution in [-0.2, 0) is 11.2 Å². The van der Waals surface area contributed by atoms with E-state index < -0.39 is 0 Å². The first kappa shape index (κ1) is 16.7. The van der Waals surface area contributed by atoms with Crippen molar-refractivity contribution in [3.8, 4) is 0 Å².